The number of carbonyl (C=O) groups excluding carboxylic acids is 2. The summed E-state index contributed by atoms with van der Waals surface area (Å²) < 4.78 is 78.9. The first-order chi connectivity index (χ1) is 16.9. The Morgan fingerprint density at radius 1 is 0.806 bits per heavy atom. The number of rotatable bonds is 5. The first-order valence-corrected chi connectivity index (χ1v) is 11.5. The van der Waals surface area contributed by atoms with Crippen molar-refractivity contribution in [2.45, 2.75) is 31.9 Å². The summed E-state index contributed by atoms with van der Waals surface area (Å²) in [5.74, 6) is -1.36. The minimum atomic E-state index is -4.97. The van der Waals surface area contributed by atoms with Gasteiger partial charge in [0.05, 0.1) is 17.0 Å². The number of likely N-dealkylation sites (tertiary alicyclic amines) is 1. The summed E-state index contributed by atoms with van der Waals surface area (Å²) in [4.78, 5) is 30.6. The van der Waals surface area contributed by atoms with Crippen molar-refractivity contribution < 1.29 is 35.9 Å². The fourth-order valence-electron chi connectivity index (χ4n) is 4.65. The lowest BCUT2D eigenvalue weighted by atomic mass is 10.0. The third-order valence-electron chi connectivity index (χ3n) is 6.52. The van der Waals surface area contributed by atoms with Crippen molar-refractivity contribution in [3.63, 3.8) is 0 Å². The van der Waals surface area contributed by atoms with E-state index in [1.54, 1.807) is 4.90 Å². The Kier molecular flexibility index (Phi) is 7.31. The van der Waals surface area contributed by atoms with Gasteiger partial charge in [-0.1, -0.05) is 30.3 Å². The SMILES string of the molecule is O=C1C[C@H](C(=O)N2CCN(Cc3ccccc3)CC2)CN1Cc1cc(C(F)(F)F)cc(C(F)(F)F)c1. The summed E-state index contributed by atoms with van der Waals surface area (Å²) in [5, 5.41) is 0. The molecule has 0 radical (unpaired) electrons. The molecule has 5 nitrogen and oxygen atoms in total. The highest BCUT2D eigenvalue weighted by atomic mass is 19.4. The maximum absolute atomic E-state index is 13.1. The average Bonchev–Trinajstić information content (AvgIpc) is 3.18. The Morgan fingerprint density at radius 3 is 1.94 bits per heavy atom. The van der Waals surface area contributed by atoms with E-state index < -0.39 is 41.8 Å². The number of hydrogen-bond donors (Lipinski definition) is 0. The highest BCUT2D eigenvalue weighted by Crippen LogP contribution is 2.37. The maximum Gasteiger partial charge on any atom is 0.416 e. The Labute approximate surface area is 204 Å². The van der Waals surface area contributed by atoms with Crippen molar-refractivity contribution in [1.82, 2.24) is 14.7 Å². The second kappa shape index (κ2) is 10.1. The summed E-state index contributed by atoms with van der Waals surface area (Å²) in [6.45, 7) is 2.58. The van der Waals surface area contributed by atoms with Gasteiger partial charge in [-0.2, -0.15) is 26.3 Å². The van der Waals surface area contributed by atoms with Crippen LogP contribution in [0.15, 0.2) is 48.5 Å². The molecule has 4 rings (SSSR count). The largest absolute Gasteiger partial charge is 0.416 e. The van der Waals surface area contributed by atoms with Crippen molar-refractivity contribution >= 4 is 11.8 Å². The lowest BCUT2D eigenvalue weighted by Gasteiger charge is -2.36. The predicted molar refractivity (Wildman–Crippen MR) is 118 cm³/mol. The fourth-order valence-corrected chi connectivity index (χ4v) is 4.65. The molecule has 36 heavy (non-hydrogen) atoms. The summed E-state index contributed by atoms with van der Waals surface area (Å²) in [7, 11) is 0. The number of hydrogen-bond acceptors (Lipinski definition) is 3. The van der Waals surface area contributed by atoms with Gasteiger partial charge in [0.15, 0.2) is 0 Å². The zero-order valence-electron chi connectivity index (χ0n) is 19.3. The van der Waals surface area contributed by atoms with Crippen LogP contribution >= 0.6 is 0 Å². The monoisotopic (exact) mass is 513 g/mol. The third-order valence-corrected chi connectivity index (χ3v) is 6.52. The normalized spacial score (nSPS) is 19.7. The number of amides is 2. The molecular formula is C25H25F6N3O2. The molecule has 2 saturated heterocycles. The molecule has 1 atom stereocenters. The molecule has 2 amide bonds. The predicted octanol–water partition coefficient (Wildman–Crippen LogP) is 4.42. The van der Waals surface area contributed by atoms with Crippen LogP contribution in [0.4, 0.5) is 26.3 Å². The van der Waals surface area contributed by atoms with Crippen LogP contribution in [-0.4, -0.2) is 59.2 Å². The van der Waals surface area contributed by atoms with Crippen molar-refractivity contribution in [2.24, 2.45) is 5.92 Å². The summed E-state index contributed by atoms with van der Waals surface area (Å²) in [6, 6.07) is 11.2. The highest BCUT2D eigenvalue weighted by Gasteiger charge is 2.39. The van der Waals surface area contributed by atoms with Crippen LogP contribution in [0, 0.1) is 5.92 Å². The van der Waals surface area contributed by atoms with Crippen molar-refractivity contribution in [1.29, 1.82) is 0 Å². The van der Waals surface area contributed by atoms with E-state index in [4.69, 9.17) is 0 Å². The zero-order chi connectivity index (χ0) is 26.1. The van der Waals surface area contributed by atoms with Gasteiger partial charge in [0, 0.05) is 52.2 Å². The number of halogens is 6. The lowest BCUT2D eigenvalue weighted by molar-refractivity contribution is -0.143. The summed E-state index contributed by atoms with van der Waals surface area (Å²) in [6.07, 6.45) is -10.0. The van der Waals surface area contributed by atoms with E-state index in [0.717, 1.165) is 17.0 Å². The Morgan fingerprint density at radius 2 is 1.39 bits per heavy atom. The Hall–Kier alpha value is -3.08. The Balaban J connectivity index is 1.37. The minimum Gasteiger partial charge on any atom is -0.340 e. The lowest BCUT2D eigenvalue weighted by Crippen LogP contribution is -2.50. The second-order valence-corrected chi connectivity index (χ2v) is 9.18. The van der Waals surface area contributed by atoms with Gasteiger partial charge in [-0.25, -0.2) is 0 Å². The van der Waals surface area contributed by atoms with Gasteiger partial charge in [-0.15, -0.1) is 0 Å². The first-order valence-electron chi connectivity index (χ1n) is 11.5. The van der Waals surface area contributed by atoms with Gasteiger partial charge in [-0.05, 0) is 29.3 Å². The molecule has 0 unspecified atom stereocenters. The molecular weight excluding hydrogens is 488 g/mol. The van der Waals surface area contributed by atoms with Crippen LogP contribution in [0.3, 0.4) is 0 Å². The van der Waals surface area contributed by atoms with Gasteiger partial charge in [0.25, 0.3) is 0 Å². The average molecular weight is 513 g/mol. The smallest absolute Gasteiger partial charge is 0.340 e. The number of piperazine rings is 1. The van der Waals surface area contributed by atoms with Crippen LogP contribution in [0.1, 0.15) is 28.7 Å². The molecule has 2 fully saturated rings. The summed E-state index contributed by atoms with van der Waals surface area (Å²) >= 11 is 0. The van der Waals surface area contributed by atoms with Crippen LogP contribution in [0.2, 0.25) is 0 Å². The molecule has 0 aliphatic carbocycles. The number of alkyl halides is 6. The third kappa shape index (κ3) is 6.18. The molecule has 2 aliphatic rings. The number of carbonyl (C=O) groups is 2. The fraction of sp³-hybridized carbons (Fsp3) is 0.440. The van der Waals surface area contributed by atoms with Crippen LogP contribution < -0.4 is 0 Å². The number of benzene rings is 2. The van der Waals surface area contributed by atoms with Crippen LogP contribution in [0.25, 0.3) is 0 Å². The molecule has 0 bridgehead atoms. The molecule has 0 aromatic heterocycles. The van der Waals surface area contributed by atoms with Gasteiger partial charge in [-0.3, -0.25) is 14.5 Å². The van der Waals surface area contributed by atoms with Crippen LogP contribution in [0.5, 0.6) is 0 Å². The van der Waals surface area contributed by atoms with E-state index in [1.807, 2.05) is 30.3 Å². The van der Waals surface area contributed by atoms with Gasteiger partial charge in [0.1, 0.15) is 0 Å². The van der Waals surface area contributed by atoms with Crippen molar-refractivity contribution in [2.75, 3.05) is 32.7 Å². The minimum absolute atomic E-state index is 0.0422. The summed E-state index contributed by atoms with van der Waals surface area (Å²) in [5.41, 5.74) is -1.98. The molecule has 2 aromatic carbocycles. The van der Waals surface area contributed by atoms with Gasteiger partial charge in [0.2, 0.25) is 11.8 Å². The molecule has 194 valence electrons. The van der Waals surface area contributed by atoms with Crippen molar-refractivity contribution in [3.8, 4) is 0 Å². The van der Waals surface area contributed by atoms with E-state index in [2.05, 4.69) is 4.90 Å². The van der Waals surface area contributed by atoms with E-state index >= 15 is 0 Å². The molecule has 0 spiro atoms. The molecule has 2 aliphatic heterocycles. The molecule has 2 heterocycles. The van der Waals surface area contributed by atoms with Crippen LogP contribution in [-0.2, 0) is 35.0 Å². The van der Waals surface area contributed by atoms with E-state index in [9.17, 15) is 35.9 Å². The van der Waals surface area contributed by atoms with E-state index in [-0.39, 0.29) is 30.5 Å². The zero-order valence-corrected chi connectivity index (χ0v) is 19.3. The highest BCUT2D eigenvalue weighted by molar-refractivity contribution is 5.89. The molecule has 11 heteroatoms. The van der Waals surface area contributed by atoms with Gasteiger partial charge >= 0.3 is 12.4 Å². The maximum atomic E-state index is 13.1. The van der Waals surface area contributed by atoms with E-state index in [1.165, 1.54) is 0 Å². The first kappa shape index (κ1) is 26.0. The topological polar surface area (TPSA) is 43.9 Å². The quantitative estimate of drug-likeness (QED) is 0.557. The Bertz CT molecular complexity index is 1060. The van der Waals surface area contributed by atoms with E-state index in [0.29, 0.717) is 38.3 Å². The molecule has 0 saturated carbocycles. The van der Waals surface area contributed by atoms with Gasteiger partial charge < -0.3 is 9.80 Å². The van der Waals surface area contributed by atoms with Crippen molar-refractivity contribution in [3.05, 3.63) is 70.8 Å². The number of nitrogens with zero attached hydrogens (tertiary/aromatic N) is 3. The standard InChI is InChI=1S/C25H25F6N3O2/c26-24(27,28)20-10-18(11-21(13-20)25(29,30)31)15-34-16-19(12-22(34)35)23(36)33-8-6-32(7-9-33)14-17-4-2-1-3-5-17/h1-5,10-11,13,19H,6-9,12,14-16H2/t19-/m0/s1. The molecule has 0 N–H and O–H groups in total. The second-order valence-electron chi connectivity index (χ2n) is 9.18. The molecule has 2 aromatic rings.